The van der Waals surface area contributed by atoms with Crippen LogP contribution in [0.4, 0.5) is 11.4 Å². The number of hydrogen-bond donors (Lipinski definition) is 1. The zero-order valence-electron chi connectivity index (χ0n) is 36.8. The van der Waals surface area contributed by atoms with Gasteiger partial charge in [0, 0.05) is 59.1 Å². The number of ether oxygens (including phenoxy) is 1. The average Bonchev–Trinajstić information content (AvgIpc) is 3.48. The molecule has 0 radical (unpaired) electrons. The van der Waals surface area contributed by atoms with E-state index in [1.54, 1.807) is 30.3 Å². The van der Waals surface area contributed by atoms with Gasteiger partial charge in [0.15, 0.2) is 0 Å². The van der Waals surface area contributed by atoms with Crippen molar-refractivity contribution in [1.82, 2.24) is 9.80 Å². The molecule has 2 amide bonds. The number of methoxy groups -OCH3 is 1. The van der Waals surface area contributed by atoms with E-state index in [-0.39, 0.29) is 32.9 Å². The number of nitrogens with zero attached hydrogens (tertiary/aromatic N) is 3. The third kappa shape index (κ3) is 6.09. The van der Waals surface area contributed by atoms with E-state index < -0.39 is 110 Å². The molecule has 1 atom stereocenters. The smallest absolute Gasteiger partial charge is 0.337 e. The van der Waals surface area contributed by atoms with Gasteiger partial charge in [0.25, 0.3) is 5.91 Å². The number of allylic oxidation sites excluding steroid dienone is 1. The summed E-state index contributed by atoms with van der Waals surface area (Å²) in [6.07, 6.45) is -0.475. The molecular weight excluding hydrogens is 516 g/mol. The molecule has 0 bridgehead atoms. The highest BCUT2D eigenvalue weighted by molar-refractivity contribution is 6.37. The minimum Gasteiger partial charge on any atom is -0.465 e. The molecule has 0 saturated carbocycles. The molecule has 5 rings (SSSR count). The molecule has 2 heterocycles. The Balaban J connectivity index is 1.63. The van der Waals surface area contributed by atoms with Gasteiger partial charge in [-0.05, 0) is 61.3 Å². The number of esters is 1. The number of benzene rings is 3. The second-order valence-corrected chi connectivity index (χ2v) is 9.19. The van der Waals surface area contributed by atoms with Crippen LogP contribution < -0.4 is 10.2 Å². The van der Waals surface area contributed by atoms with Crippen molar-refractivity contribution >= 4 is 40.3 Å². The molecule has 3 aromatic rings. The molecule has 8 heteroatoms. The number of piperazine rings is 1. The Morgan fingerprint density at radius 3 is 2.56 bits per heavy atom. The molecule has 0 aliphatic carbocycles. The van der Waals surface area contributed by atoms with Gasteiger partial charge in [-0.15, -0.1) is 0 Å². The zero-order valence-corrected chi connectivity index (χ0v) is 22.8. The van der Waals surface area contributed by atoms with E-state index in [4.69, 9.17) is 19.2 Å². The molecule has 2 aliphatic heterocycles. The topological polar surface area (TPSA) is 82.2 Å². The van der Waals surface area contributed by atoms with E-state index in [0.29, 0.717) is 15.4 Å². The Labute approximate surface area is 260 Å². The lowest BCUT2D eigenvalue weighted by Gasteiger charge is -2.37. The number of anilines is 2. The maximum absolute atomic E-state index is 13.7. The zero-order chi connectivity index (χ0) is 41.5. The minimum absolute atomic E-state index is 0.0835. The van der Waals surface area contributed by atoms with Gasteiger partial charge in [-0.25, -0.2) is 4.79 Å². The number of nitrogens with one attached hydrogen (secondary N) is 1. The van der Waals surface area contributed by atoms with E-state index in [1.165, 1.54) is 0 Å². The molecule has 0 spiro atoms. The van der Waals surface area contributed by atoms with Gasteiger partial charge in [0.1, 0.15) is 0 Å². The lowest BCUT2D eigenvalue weighted by molar-refractivity contribution is -0.120. The van der Waals surface area contributed by atoms with Crippen LogP contribution in [0, 0.1) is 0 Å². The summed E-state index contributed by atoms with van der Waals surface area (Å²) in [6.45, 7) is -9.23. The second-order valence-electron chi connectivity index (χ2n) is 9.19. The van der Waals surface area contributed by atoms with E-state index in [2.05, 4.69) is 10.1 Å². The first-order valence-electron chi connectivity index (χ1n) is 19.5. The lowest BCUT2D eigenvalue weighted by atomic mass is 9.90. The summed E-state index contributed by atoms with van der Waals surface area (Å²) in [5, 5.41) is 2.48. The first-order chi connectivity index (χ1) is 25.3. The highest BCUT2D eigenvalue weighted by Gasteiger charge is 2.29. The maximum atomic E-state index is 13.7. The minimum atomic E-state index is -3.17. The van der Waals surface area contributed by atoms with Crippen LogP contribution in [0.15, 0.2) is 72.6 Å². The monoisotopic (exact) mass is 566 g/mol. The van der Waals surface area contributed by atoms with Crippen LogP contribution in [-0.4, -0.2) is 80.8 Å². The van der Waals surface area contributed by atoms with Crippen molar-refractivity contribution in [2.45, 2.75) is 19.4 Å². The van der Waals surface area contributed by atoms with Gasteiger partial charge < -0.3 is 19.9 Å². The van der Waals surface area contributed by atoms with Crippen molar-refractivity contribution < 1.29 is 38.3 Å². The quantitative estimate of drug-likeness (QED) is 0.341. The van der Waals surface area contributed by atoms with Crippen LogP contribution in [0.5, 0.6) is 0 Å². The summed E-state index contributed by atoms with van der Waals surface area (Å²) in [5.41, 5.74) is -1.59. The van der Waals surface area contributed by atoms with Gasteiger partial charge in [-0.3, -0.25) is 14.5 Å². The predicted molar refractivity (Wildman–Crippen MR) is 162 cm³/mol. The molecule has 212 valence electrons. The van der Waals surface area contributed by atoms with Crippen LogP contribution in [0.1, 0.15) is 53.2 Å². The Morgan fingerprint density at radius 2 is 1.85 bits per heavy atom. The van der Waals surface area contributed by atoms with Gasteiger partial charge in [0.05, 0.1) is 34.4 Å². The molecule has 1 N–H and O–H groups in total. The summed E-state index contributed by atoms with van der Waals surface area (Å²) < 4.78 is 125. The SMILES string of the molecule is [2H]c1c([2H])c(N(C)C(=O)CN2C([2H])([2H])C([2H])([2H])N(C)C([2H])(C)C2([2H])[2H])c([2H])c([2H])c1C/C(=C1\C(=O)Nc2c([2H])c(C(=O)OC)c([2H])c([2H])c21)c1ccccc1. The van der Waals surface area contributed by atoms with Crippen molar-refractivity contribution in [2.75, 3.05) is 57.5 Å². The average molecular weight is 567 g/mol. The van der Waals surface area contributed by atoms with Gasteiger partial charge >= 0.3 is 5.97 Å². The second kappa shape index (κ2) is 12.1. The summed E-state index contributed by atoms with van der Waals surface area (Å²) in [6, 6.07) is 1.06. The number of likely N-dealkylation sites (N-methyl/N-ethyl adjacent to an activating group) is 2. The van der Waals surface area contributed by atoms with E-state index in [9.17, 15) is 14.4 Å². The van der Waals surface area contributed by atoms with Crippen LogP contribution in [-0.2, 0) is 20.7 Å². The standard InChI is InChI=1S/C33H36N4O4/c1-22-20-37(17-16-35(22)2)21-30(38)36(3)26-13-10-23(11-14-26)18-28(24-8-6-5-7-9-24)31-27-15-12-25(33(40)41-4)19-29(27)34-32(31)39/h5-15,19,22H,16-18,20-21H2,1-4H3,(H,34,39)/b31-28+/i10D,11D,12D,13D,14D,15D,16D2,17D2,19D,20D2,22D. The van der Waals surface area contributed by atoms with E-state index in [0.717, 1.165) is 28.1 Å². The molecule has 8 nitrogen and oxygen atoms in total. The molecule has 2 aliphatic rings. The van der Waals surface area contributed by atoms with Crippen LogP contribution in [0.25, 0.3) is 11.1 Å². The molecule has 0 aromatic heterocycles. The van der Waals surface area contributed by atoms with Crippen molar-refractivity contribution in [3.63, 3.8) is 0 Å². The number of carbonyl (C=O) groups is 3. The predicted octanol–water partition coefficient (Wildman–Crippen LogP) is 4.18. The Morgan fingerprint density at radius 1 is 1.12 bits per heavy atom. The molecule has 3 aromatic carbocycles. The third-order valence-corrected chi connectivity index (χ3v) is 6.51. The molecule has 1 fully saturated rings. The van der Waals surface area contributed by atoms with E-state index >= 15 is 0 Å². The van der Waals surface area contributed by atoms with Crippen LogP contribution in [0.3, 0.4) is 0 Å². The lowest BCUT2D eigenvalue weighted by Crippen LogP contribution is -2.52. The fourth-order valence-corrected chi connectivity index (χ4v) is 4.17. The molecule has 41 heavy (non-hydrogen) atoms. The number of rotatable bonds is 7. The molecule has 1 unspecified atom stereocenters. The van der Waals surface area contributed by atoms with Crippen molar-refractivity contribution in [1.29, 1.82) is 0 Å². The highest BCUT2D eigenvalue weighted by atomic mass is 16.5. The molecular formula is C33H36N4O4. The van der Waals surface area contributed by atoms with Crippen molar-refractivity contribution in [3.05, 3.63) is 94.9 Å². The van der Waals surface area contributed by atoms with Crippen LogP contribution >= 0.6 is 0 Å². The molecule has 1 saturated heterocycles. The third-order valence-electron chi connectivity index (χ3n) is 6.51. The number of hydrogen-bond acceptors (Lipinski definition) is 6. The maximum Gasteiger partial charge on any atom is 0.337 e. The van der Waals surface area contributed by atoms with Crippen LogP contribution in [0.2, 0.25) is 0 Å². The summed E-state index contributed by atoms with van der Waals surface area (Å²) >= 11 is 0. The summed E-state index contributed by atoms with van der Waals surface area (Å²) in [7, 11) is 3.14. The van der Waals surface area contributed by atoms with E-state index in [1.807, 2.05) is 0 Å². The first-order valence-corrected chi connectivity index (χ1v) is 12.5. The van der Waals surface area contributed by atoms with Crippen molar-refractivity contribution in [3.8, 4) is 0 Å². The Kier molecular flexibility index (Phi) is 4.61. The van der Waals surface area contributed by atoms with Gasteiger partial charge in [-0.1, -0.05) is 48.5 Å². The van der Waals surface area contributed by atoms with Gasteiger partial charge in [-0.2, -0.15) is 0 Å². The summed E-state index contributed by atoms with van der Waals surface area (Å²) in [5.74, 6) is -3.04. The fourth-order valence-electron chi connectivity index (χ4n) is 4.17. The Hall–Kier alpha value is -4.27. The number of fused-ring (bicyclic) bond motifs is 1. The number of amides is 2. The normalized spacial score (nSPS) is 28.8. The summed E-state index contributed by atoms with van der Waals surface area (Å²) in [4.78, 5) is 41.3. The van der Waals surface area contributed by atoms with Gasteiger partial charge in [0.2, 0.25) is 5.91 Å². The number of carbonyl (C=O) groups excluding carboxylic acids is 3. The largest absolute Gasteiger partial charge is 0.465 e. The highest BCUT2D eigenvalue weighted by Crippen LogP contribution is 2.39. The first kappa shape index (κ1) is 15.7. The van der Waals surface area contributed by atoms with Crippen molar-refractivity contribution in [2.24, 2.45) is 0 Å². The Bertz CT molecular complexity index is 2120. The fraction of sp³-hybridized carbons (Fsp3) is 0.303.